The summed E-state index contributed by atoms with van der Waals surface area (Å²) >= 11 is 9.23. The van der Waals surface area contributed by atoms with E-state index in [0.29, 0.717) is 11.5 Å². The van der Waals surface area contributed by atoms with Gasteiger partial charge < -0.3 is 10.3 Å². The Labute approximate surface area is 116 Å². The summed E-state index contributed by atoms with van der Waals surface area (Å²) in [6, 6.07) is 7.75. The van der Waals surface area contributed by atoms with Crippen molar-refractivity contribution in [3.63, 3.8) is 0 Å². The van der Waals surface area contributed by atoms with Gasteiger partial charge in [-0.25, -0.2) is 4.98 Å². The minimum atomic E-state index is 0.161. The van der Waals surface area contributed by atoms with Gasteiger partial charge in [-0.3, -0.25) is 0 Å². The Morgan fingerprint density at radius 3 is 2.72 bits per heavy atom. The zero-order chi connectivity index (χ0) is 12.5. The Hall–Kier alpha value is -1.66. The molecule has 2 N–H and O–H groups in total. The minimum Gasteiger partial charge on any atom is -0.340 e. The fourth-order valence-corrected chi connectivity index (χ4v) is 2.00. The second-order valence-corrected chi connectivity index (χ2v) is 4.83. The van der Waals surface area contributed by atoms with E-state index in [1.807, 2.05) is 24.3 Å². The molecule has 0 aliphatic carbocycles. The first-order chi connectivity index (χ1) is 8.72. The van der Waals surface area contributed by atoms with Gasteiger partial charge in [-0.15, -0.1) is 0 Å². The van der Waals surface area contributed by atoms with Crippen molar-refractivity contribution >= 4 is 50.2 Å². The van der Waals surface area contributed by atoms with Crippen LogP contribution in [0.15, 0.2) is 35.1 Å². The maximum atomic E-state index is 5.85. The van der Waals surface area contributed by atoms with E-state index in [1.165, 1.54) is 0 Å². The second-order valence-electron chi connectivity index (χ2n) is 3.57. The first-order valence-corrected chi connectivity index (χ1v) is 6.29. The fourth-order valence-electron chi connectivity index (χ4n) is 1.57. The molecule has 90 valence electrons. The molecule has 0 unspecified atom stereocenters. The molecule has 3 aromatic rings. The van der Waals surface area contributed by atoms with E-state index in [0.717, 1.165) is 15.7 Å². The molecule has 1 aromatic carbocycles. The quantitative estimate of drug-likeness (QED) is 0.708. The van der Waals surface area contributed by atoms with Gasteiger partial charge in [0.25, 0.3) is 0 Å². The third-order valence-electron chi connectivity index (χ3n) is 2.37. The molecule has 0 fully saturated rings. The fraction of sp³-hybridized carbons (Fsp3) is 0. The lowest BCUT2D eigenvalue weighted by atomic mass is 10.3. The van der Waals surface area contributed by atoms with Crippen LogP contribution in [0, 0.1) is 0 Å². The predicted molar refractivity (Wildman–Crippen MR) is 74.1 cm³/mol. The van der Waals surface area contributed by atoms with Gasteiger partial charge in [0, 0.05) is 10.2 Å². The molecule has 0 radical (unpaired) electrons. The van der Waals surface area contributed by atoms with Gasteiger partial charge in [-0.2, -0.15) is 9.97 Å². The standard InChI is InChI=1S/C11H7BrClN5/c12-6-1-3-7(4-2-6)16-10-8-9(15-5-14-8)17-11(13)18-10/h1-5H,(H2,14,15,16,17,18). The Balaban J connectivity index is 2.03. The molecule has 0 aliphatic rings. The normalized spacial score (nSPS) is 10.8. The van der Waals surface area contributed by atoms with Crippen molar-refractivity contribution in [2.75, 3.05) is 5.32 Å². The van der Waals surface area contributed by atoms with Crippen molar-refractivity contribution in [2.24, 2.45) is 0 Å². The van der Waals surface area contributed by atoms with E-state index in [9.17, 15) is 0 Å². The van der Waals surface area contributed by atoms with Gasteiger partial charge in [-0.05, 0) is 35.9 Å². The topological polar surface area (TPSA) is 66.5 Å². The largest absolute Gasteiger partial charge is 0.340 e. The average Bonchev–Trinajstić information content (AvgIpc) is 2.80. The zero-order valence-corrected chi connectivity index (χ0v) is 11.3. The van der Waals surface area contributed by atoms with Crippen molar-refractivity contribution in [2.45, 2.75) is 0 Å². The number of hydrogen-bond acceptors (Lipinski definition) is 4. The monoisotopic (exact) mass is 323 g/mol. The van der Waals surface area contributed by atoms with Gasteiger partial charge in [-0.1, -0.05) is 15.9 Å². The van der Waals surface area contributed by atoms with Crippen LogP contribution in [0.4, 0.5) is 11.5 Å². The molecule has 18 heavy (non-hydrogen) atoms. The number of nitrogens with one attached hydrogen (secondary N) is 2. The minimum absolute atomic E-state index is 0.161. The highest BCUT2D eigenvalue weighted by molar-refractivity contribution is 9.10. The van der Waals surface area contributed by atoms with Crippen LogP contribution in [0.5, 0.6) is 0 Å². The van der Waals surface area contributed by atoms with E-state index >= 15 is 0 Å². The lowest BCUT2D eigenvalue weighted by Gasteiger charge is -2.06. The Kier molecular flexibility index (Phi) is 2.89. The van der Waals surface area contributed by atoms with Gasteiger partial charge in [0.15, 0.2) is 11.5 Å². The number of benzene rings is 1. The third-order valence-corrected chi connectivity index (χ3v) is 3.06. The van der Waals surface area contributed by atoms with Crippen molar-refractivity contribution in [1.29, 1.82) is 0 Å². The highest BCUT2D eigenvalue weighted by Gasteiger charge is 2.08. The summed E-state index contributed by atoms with van der Waals surface area (Å²) in [4.78, 5) is 15.2. The number of nitrogens with zero attached hydrogens (tertiary/aromatic N) is 3. The number of fused-ring (bicyclic) bond motifs is 1. The second kappa shape index (κ2) is 4.55. The smallest absolute Gasteiger partial charge is 0.226 e. The van der Waals surface area contributed by atoms with E-state index in [-0.39, 0.29) is 5.28 Å². The molecule has 2 aromatic heterocycles. The Morgan fingerprint density at radius 2 is 1.94 bits per heavy atom. The summed E-state index contributed by atoms with van der Waals surface area (Å²) in [5, 5.41) is 3.33. The molecule has 7 heteroatoms. The molecule has 0 amide bonds. The number of aromatic nitrogens is 4. The average molecular weight is 325 g/mol. The molecular weight excluding hydrogens is 318 g/mol. The molecule has 2 heterocycles. The Morgan fingerprint density at radius 1 is 1.17 bits per heavy atom. The van der Waals surface area contributed by atoms with Crippen molar-refractivity contribution in [3.8, 4) is 0 Å². The lowest BCUT2D eigenvalue weighted by molar-refractivity contribution is 1.20. The van der Waals surface area contributed by atoms with Crippen LogP contribution in [-0.4, -0.2) is 19.9 Å². The maximum absolute atomic E-state index is 5.85. The first kappa shape index (κ1) is 11.4. The van der Waals surface area contributed by atoms with Crippen LogP contribution >= 0.6 is 27.5 Å². The number of anilines is 2. The Bertz CT molecular complexity index is 694. The zero-order valence-electron chi connectivity index (χ0n) is 8.98. The van der Waals surface area contributed by atoms with Gasteiger partial charge >= 0.3 is 0 Å². The number of halogens is 2. The van der Waals surface area contributed by atoms with Crippen molar-refractivity contribution in [3.05, 3.63) is 40.3 Å². The summed E-state index contributed by atoms with van der Waals surface area (Å²) in [6.45, 7) is 0. The van der Waals surface area contributed by atoms with Gasteiger partial charge in [0.1, 0.15) is 5.52 Å². The highest BCUT2D eigenvalue weighted by Crippen LogP contribution is 2.23. The summed E-state index contributed by atoms with van der Waals surface area (Å²) < 4.78 is 1.01. The van der Waals surface area contributed by atoms with Crippen LogP contribution in [0.3, 0.4) is 0 Å². The van der Waals surface area contributed by atoms with Gasteiger partial charge in [0.05, 0.1) is 6.33 Å². The van der Waals surface area contributed by atoms with Crippen molar-refractivity contribution in [1.82, 2.24) is 19.9 Å². The molecule has 0 aliphatic heterocycles. The molecule has 0 spiro atoms. The molecule has 0 saturated heterocycles. The molecular formula is C11H7BrClN5. The first-order valence-electron chi connectivity index (χ1n) is 5.11. The van der Waals surface area contributed by atoms with E-state index in [2.05, 4.69) is 41.2 Å². The predicted octanol–water partition coefficient (Wildman–Crippen LogP) is 3.51. The molecule has 0 saturated carbocycles. The number of hydrogen-bond donors (Lipinski definition) is 2. The molecule has 5 nitrogen and oxygen atoms in total. The summed E-state index contributed by atoms with van der Waals surface area (Å²) in [7, 11) is 0. The number of imidazole rings is 1. The SMILES string of the molecule is Clc1nc(Nc2ccc(Br)cc2)c2[nH]cnc2n1. The van der Waals surface area contributed by atoms with E-state index < -0.39 is 0 Å². The maximum Gasteiger partial charge on any atom is 0.226 e. The molecule has 0 bridgehead atoms. The van der Waals surface area contributed by atoms with Crippen LogP contribution in [0.1, 0.15) is 0 Å². The molecule has 0 atom stereocenters. The summed E-state index contributed by atoms with van der Waals surface area (Å²) in [5.41, 5.74) is 2.17. The third kappa shape index (κ3) is 2.16. The summed E-state index contributed by atoms with van der Waals surface area (Å²) in [6.07, 6.45) is 1.56. The van der Waals surface area contributed by atoms with Crippen LogP contribution < -0.4 is 5.32 Å². The van der Waals surface area contributed by atoms with E-state index in [1.54, 1.807) is 6.33 Å². The number of H-pyrrole nitrogens is 1. The lowest BCUT2D eigenvalue weighted by Crippen LogP contribution is -1.96. The number of rotatable bonds is 2. The molecule has 3 rings (SSSR count). The van der Waals surface area contributed by atoms with Crippen LogP contribution in [0.25, 0.3) is 11.2 Å². The van der Waals surface area contributed by atoms with Crippen LogP contribution in [0.2, 0.25) is 5.28 Å². The summed E-state index contributed by atoms with van der Waals surface area (Å²) in [5.74, 6) is 0.602. The van der Waals surface area contributed by atoms with E-state index in [4.69, 9.17) is 11.6 Å². The highest BCUT2D eigenvalue weighted by atomic mass is 79.9. The van der Waals surface area contributed by atoms with Crippen molar-refractivity contribution < 1.29 is 0 Å². The van der Waals surface area contributed by atoms with Crippen LogP contribution in [-0.2, 0) is 0 Å². The number of aromatic amines is 1. The van der Waals surface area contributed by atoms with Gasteiger partial charge in [0.2, 0.25) is 5.28 Å².